The Morgan fingerprint density at radius 1 is 1.30 bits per heavy atom. The van der Waals surface area contributed by atoms with Gasteiger partial charge in [0.05, 0.1) is 11.5 Å². The maximum atomic E-state index is 11.1. The number of sulfonamides is 1. The van der Waals surface area contributed by atoms with E-state index in [1.54, 1.807) is 19.2 Å². The van der Waals surface area contributed by atoms with Crippen LogP contribution in [0.1, 0.15) is 18.4 Å². The summed E-state index contributed by atoms with van der Waals surface area (Å²) in [4.78, 5) is 0.123. The van der Waals surface area contributed by atoms with Crippen LogP contribution in [0.5, 0.6) is 0 Å². The van der Waals surface area contributed by atoms with E-state index in [1.807, 2.05) is 0 Å². The summed E-state index contributed by atoms with van der Waals surface area (Å²) in [7, 11) is -1.96. The molecule has 0 aliphatic carbocycles. The highest BCUT2D eigenvalue weighted by molar-refractivity contribution is 7.89. The van der Waals surface area contributed by atoms with E-state index < -0.39 is 10.0 Å². The molecule has 20 heavy (non-hydrogen) atoms. The van der Waals surface area contributed by atoms with Crippen LogP contribution in [-0.2, 0) is 21.3 Å². The normalized spacial score (nSPS) is 13.3. The third-order valence-electron chi connectivity index (χ3n) is 2.97. The summed E-state index contributed by atoms with van der Waals surface area (Å²) < 4.78 is 27.4. The van der Waals surface area contributed by atoms with Gasteiger partial charge >= 0.3 is 0 Å². The lowest BCUT2D eigenvalue weighted by Gasteiger charge is -2.17. The van der Waals surface area contributed by atoms with Crippen molar-refractivity contribution in [2.24, 2.45) is 10.9 Å². The first-order chi connectivity index (χ1) is 9.47. The molecule has 1 aromatic rings. The zero-order valence-corrected chi connectivity index (χ0v) is 12.5. The molecule has 1 aromatic carbocycles. The van der Waals surface area contributed by atoms with Crippen molar-refractivity contribution in [3.05, 3.63) is 29.8 Å². The van der Waals surface area contributed by atoms with Gasteiger partial charge in [-0.3, -0.25) is 0 Å². The molecule has 0 saturated heterocycles. The van der Waals surface area contributed by atoms with Gasteiger partial charge in [0.1, 0.15) is 0 Å². The molecule has 7 heteroatoms. The zero-order chi connectivity index (χ0) is 15.0. The van der Waals surface area contributed by atoms with Gasteiger partial charge in [-0.15, -0.1) is 0 Å². The zero-order valence-electron chi connectivity index (χ0n) is 11.7. The van der Waals surface area contributed by atoms with Gasteiger partial charge in [0, 0.05) is 19.7 Å². The number of methoxy groups -OCH3 is 1. The molecule has 0 spiro atoms. The second kappa shape index (κ2) is 8.33. The molecular formula is C13H23N3O3S. The molecule has 0 aliphatic rings. The summed E-state index contributed by atoms with van der Waals surface area (Å²) in [6, 6.07) is 6.76. The summed E-state index contributed by atoms with van der Waals surface area (Å²) >= 11 is 0. The Morgan fingerprint density at radius 2 is 1.95 bits per heavy atom. The molecule has 0 fully saturated rings. The van der Waals surface area contributed by atoms with Gasteiger partial charge in [0.2, 0.25) is 10.0 Å². The van der Waals surface area contributed by atoms with Crippen LogP contribution in [0.4, 0.5) is 0 Å². The van der Waals surface area contributed by atoms with Gasteiger partial charge in [0.25, 0.3) is 0 Å². The van der Waals surface area contributed by atoms with Crippen LogP contribution >= 0.6 is 0 Å². The van der Waals surface area contributed by atoms with E-state index in [1.165, 1.54) is 12.1 Å². The predicted molar refractivity (Wildman–Crippen MR) is 78.6 cm³/mol. The Balaban J connectivity index is 2.55. The molecule has 0 aliphatic heterocycles. The molecule has 0 aromatic heterocycles. The highest BCUT2D eigenvalue weighted by Crippen LogP contribution is 2.09. The van der Waals surface area contributed by atoms with Crippen LogP contribution < -0.4 is 16.2 Å². The van der Waals surface area contributed by atoms with Crippen LogP contribution in [0.25, 0.3) is 0 Å². The number of rotatable bonds is 9. The molecule has 114 valence electrons. The summed E-state index contributed by atoms with van der Waals surface area (Å²) in [5.41, 5.74) is 6.49. The minimum absolute atomic E-state index is 0.123. The Morgan fingerprint density at radius 3 is 2.45 bits per heavy atom. The van der Waals surface area contributed by atoms with Gasteiger partial charge in [-0.1, -0.05) is 12.1 Å². The van der Waals surface area contributed by atoms with Crippen LogP contribution in [-0.4, -0.2) is 34.7 Å². The third kappa shape index (κ3) is 5.98. The SMILES string of the molecule is COCC(CCCN)NCc1ccc(S(N)(=O)=O)cc1. The molecule has 1 rings (SSSR count). The summed E-state index contributed by atoms with van der Waals surface area (Å²) in [6.45, 7) is 1.92. The number of nitrogens with two attached hydrogens (primary N) is 2. The Labute approximate surface area is 120 Å². The maximum absolute atomic E-state index is 11.1. The lowest BCUT2D eigenvalue weighted by atomic mass is 10.1. The lowest BCUT2D eigenvalue weighted by molar-refractivity contribution is 0.161. The Kier molecular flexibility index (Phi) is 7.11. The van der Waals surface area contributed by atoms with Crippen molar-refractivity contribution in [3.8, 4) is 0 Å². The van der Waals surface area contributed by atoms with E-state index in [9.17, 15) is 8.42 Å². The van der Waals surface area contributed by atoms with Gasteiger partial charge in [-0.2, -0.15) is 0 Å². The minimum Gasteiger partial charge on any atom is -0.383 e. The fourth-order valence-electron chi connectivity index (χ4n) is 1.87. The minimum atomic E-state index is -3.63. The first-order valence-corrected chi connectivity index (χ1v) is 8.06. The Bertz CT molecular complexity index is 488. The Hall–Kier alpha value is -0.990. The molecule has 1 unspecified atom stereocenters. The summed E-state index contributed by atoms with van der Waals surface area (Å²) in [5.74, 6) is 0. The lowest BCUT2D eigenvalue weighted by Crippen LogP contribution is -2.33. The van der Waals surface area contributed by atoms with E-state index in [2.05, 4.69) is 5.32 Å². The maximum Gasteiger partial charge on any atom is 0.238 e. The summed E-state index contributed by atoms with van der Waals surface area (Å²) in [6.07, 6.45) is 1.88. The van der Waals surface area contributed by atoms with Crippen LogP contribution in [0, 0.1) is 0 Å². The first-order valence-electron chi connectivity index (χ1n) is 6.51. The number of nitrogens with one attached hydrogen (secondary N) is 1. The second-order valence-electron chi connectivity index (χ2n) is 4.65. The average molecular weight is 301 g/mol. The van der Waals surface area contributed by atoms with Crippen LogP contribution in [0.2, 0.25) is 0 Å². The number of ether oxygens (including phenoxy) is 1. The highest BCUT2D eigenvalue weighted by atomic mass is 32.2. The molecule has 0 bridgehead atoms. The molecule has 0 radical (unpaired) electrons. The van der Waals surface area contributed by atoms with Crippen molar-refractivity contribution in [1.29, 1.82) is 0 Å². The fraction of sp³-hybridized carbons (Fsp3) is 0.538. The molecule has 1 atom stereocenters. The quantitative estimate of drug-likeness (QED) is 0.603. The molecule has 6 nitrogen and oxygen atoms in total. The van der Waals surface area contributed by atoms with E-state index in [-0.39, 0.29) is 10.9 Å². The van der Waals surface area contributed by atoms with E-state index in [0.29, 0.717) is 19.7 Å². The van der Waals surface area contributed by atoms with Crippen molar-refractivity contribution in [2.75, 3.05) is 20.3 Å². The molecule has 0 amide bonds. The van der Waals surface area contributed by atoms with E-state index in [4.69, 9.17) is 15.6 Å². The molecule has 0 heterocycles. The largest absolute Gasteiger partial charge is 0.383 e. The molecular weight excluding hydrogens is 278 g/mol. The summed E-state index contributed by atoms with van der Waals surface area (Å²) in [5, 5.41) is 8.42. The van der Waals surface area contributed by atoms with Crippen molar-refractivity contribution >= 4 is 10.0 Å². The monoisotopic (exact) mass is 301 g/mol. The van der Waals surface area contributed by atoms with Gasteiger partial charge in [-0.25, -0.2) is 13.6 Å². The van der Waals surface area contributed by atoms with Gasteiger partial charge in [-0.05, 0) is 37.1 Å². The highest BCUT2D eigenvalue weighted by Gasteiger charge is 2.09. The average Bonchev–Trinajstić information content (AvgIpc) is 2.41. The van der Waals surface area contributed by atoms with Crippen molar-refractivity contribution in [3.63, 3.8) is 0 Å². The predicted octanol–water partition coefficient (Wildman–Crippen LogP) is 0.178. The number of hydrogen-bond acceptors (Lipinski definition) is 5. The van der Waals surface area contributed by atoms with Gasteiger partial charge < -0.3 is 15.8 Å². The van der Waals surface area contributed by atoms with Crippen molar-refractivity contribution in [1.82, 2.24) is 5.32 Å². The third-order valence-corrected chi connectivity index (χ3v) is 3.90. The van der Waals surface area contributed by atoms with Crippen molar-refractivity contribution < 1.29 is 13.2 Å². The fourth-order valence-corrected chi connectivity index (χ4v) is 2.38. The molecule has 0 saturated carbocycles. The standard InChI is InChI=1S/C13H23N3O3S/c1-19-10-12(3-2-8-14)16-9-11-4-6-13(7-5-11)20(15,17)18/h4-7,12,16H,2-3,8-10,14H2,1H3,(H2,15,17,18). The second-order valence-corrected chi connectivity index (χ2v) is 6.21. The van der Waals surface area contributed by atoms with Crippen molar-refractivity contribution in [2.45, 2.75) is 30.3 Å². The topological polar surface area (TPSA) is 107 Å². The molecule has 5 N–H and O–H groups in total. The van der Waals surface area contributed by atoms with Gasteiger partial charge in [0.15, 0.2) is 0 Å². The van der Waals surface area contributed by atoms with Crippen LogP contribution in [0.3, 0.4) is 0 Å². The van der Waals surface area contributed by atoms with E-state index in [0.717, 1.165) is 18.4 Å². The smallest absolute Gasteiger partial charge is 0.238 e. The number of benzene rings is 1. The first kappa shape index (κ1) is 17.1. The van der Waals surface area contributed by atoms with E-state index >= 15 is 0 Å². The number of primary sulfonamides is 1. The van der Waals surface area contributed by atoms with Crippen LogP contribution in [0.15, 0.2) is 29.2 Å². The number of hydrogen-bond donors (Lipinski definition) is 3.